The molecule has 0 aromatic heterocycles. The van der Waals surface area contributed by atoms with Crippen molar-refractivity contribution < 1.29 is 14.7 Å². The van der Waals surface area contributed by atoms with Crippen LogP contribution in [0.25, 0.3) is 0 Å². The first-order valence-corrected chi connectivity index (χ1v) is 5.64. The van der Waals surface area contributed by atoms with Crippen LogP contribution < -0.4 is 10.6 Å². The van der Waals surface area contributed by atoms with Gasteiger partial charge in [0.15, 0.2) is 0 Å². The standard InChI is InChI=1S/C11H22N2O3/c1-8(2)7-9(12-3)11(16)13-6-4-5-10(14)15/h8-9,12H,4-7H2,1-3H3,(H,13,16)(H,14,15). The van der Waals surface area contributed by atoms with Crippen LogP contribution in [0.2, 0.25) is 0 Å². The number of aliphatic carboxylic acids is 1. The lowest BCUT2D eigenvalue weighted by atomic mass is 10.0. The van der Waals surface area contributed by atoms with E-state index in [1.165, 1.54) is 0 Å². The van der Waals surface area contributed by atoms with Gasteiger partial charge in [0.2, 0.25) is 5.91 Å². The zero-order valence-corrected chi connectivity index (χ0v) is 10.2. The molecular formula is C11H22N2O3. The smallest absolute Gasteiger partial charge is 0.303 e. The topological polar surface area (TPSA) is 78.4 Å². The minimum absolute atomic E-state index is 0.0541. The van der Waals surface area contributed by atoms with Crippen LogP contribution in [0.15, 0.2) is 0 Å². The van der Waals surface area contributed by atoms with Gasteiger partial charge in [0.1, 0.15) is 0 Å². The summed E-state index contributed by atoms with van der Waals surface area (Å²) in [5, 5.41) is 14.1. The minimum Gasteiger partial charge on any atom is -0.481 e. The second kappa shape index (κ2) is 8.10. The van der Waals surface area contributed by atoms with Gasteiger partial charge in [-0.1, -0.05) is 13.8 Å². The molecule has 0 aliphatic carbocycles. The maximum atomic E-state index is 11.6. The first-order valence-electron chi connectivity index (χ1n) is 5.64. The summed E-state index contributed by atoms with van der Waals surface area (Å²) < 4.78 is 0. The van der Waals surface area contributed by atoms with Crippen molar-refractivity contribution in [3.63, 3.8) is 0 Å². The van der Waals surface area contributed by atoms with Crippen molar-refractivity contribution >= 4 is 11.9 Å². The van der Waals surface area contributed by atoms with Crippen molar-refractivity contribution in [3.05, 3.63) is 0 Å². The number of hydrogen-bond acceptors (Lipinski definition) is 3. The van der Waals surface area contributed by atoms with Gasteiger partial charge in [0, 0.05) is 13.0 Å². The average molecular weight is 230 g/mol. The monoisotopic (exact) mass is 230 g/mol. The van der Waals surface area contributed by atoms with E-state index in [2.05, 4.69) is 24.5 Å². The molecule has 1 atom stereocenters. The van der Waals surface area contributed by atoms with Crippen molar-refractivity contribution in [2.75, 3.05) is 13.6 Å². The number of hydrogen-bond donors (Lipinski definition) is 3. The summed E-state index contributed by atoms with van der Waals surface area (Å²) in [6, 6.07) is -0.190. The second-order valence-corrected chi connectivity index (χ2v) is 4.26. The van der Waals surface area contributed by atoms with Crippen LogP contribution in [0.1, 0.15) is 33.1 Å². The van der Waals surface area contributed by atoms with Crippen molar-refractivity contribution in [1.29, 1.82) is 0 Å². The Morgan fingerprint density at radius 2 is 1.94 bits per heavy atom. The van der Waals surface area contributed by atoms with Crippen LogP contribution in [0.5, 0.6) is 0 Å². The van der Waals surface area contributed by atoms with E-state index in [-0.39, 0.29) is 18.4 Å². The van der Waals surface area contributed by atoms with Crippen LogP contribution in [0.3, 0.4) is 0 Å². The molecule has 0 heterocycles. The van der Waals surface area contributed by atoms with Gasteiger partial charge < -0.3 is 15.7 Å². The maximum Gasteiger partial charge on any atom is 0.303 e. The highest BCUT2D eigenvalue weighted by Gasteiger charge is 2.16. The Morgan fingerprint density at radius 3 is 2.38 bits per heavy atom. The van der Waals surface area contributed by atoms with E-state index < -0.39 is 5.97 Å². The largest absolute Gasteiger partial charge is 0.481 e. The number of rotatable bonds is 8. The van der Waals surface area contributed by atoms with Gasteiger partial charge in [0.25, 0.3) is 0 Å². The number of nitrogens with one attached hydrogen (secondary N) is 2. The maximum absolute atomic E-state index is 11.6. The number of carboxylic acids is 1. The van der Waals surface area contributed by atoms with Crippen LogP contribution >= 0.6 is 0 Å². The summed E-state index contributed by atoms with van der Waals surface area (Å²) in [6.45, 7) is 4.53. The molecule has 0 rings (SSSR count). The van der Waals surface area contributed by atoms with Crippen molar-refractivity contribution in [2.24, 2.45) is 5.92 Å². The molecule has 16 heavy (non-hydrogen) atoms. The third-order valence-corrected chi connectivity index (χ3v) is 2.24. The molecule has 1 unspecified atom stereocenters. The van der Waals surface area contributed by atoms with Crippen LogP contribution in [0, 0.1) is 5.92 Å². The fourth-order valence-electron chi connectivity index (χ4n) is 1.40. The van der Waals surface area contributed by atoms with Crippen molar-refractivity contribution in [1.82, 2.24) is 10.6 Å². The zero-order valence-electron chi connectivity index (χ0n) is 10.2. The molecule has 0 aromatic carbocycles. The number of amides is 1. The predicted octanol–water partition coefficient (Wildman–Crippen LogP) is 0.601. The lowest BCUT2D eigenvalue weighted by molar-refractivity contribution is -0.137. The SMILES string of the molecule is CNC(CC(C)C)C(=O)NCCCC(=O)O. The Hall–Kier alpha value is -1.10. The first kappa shape index (κ1) is 14.9. The van der Waals surface area contributed by atoms with Crippen molar-refractivity contribution in [2.45, 2.75) is 39.2 Å². The molecule has 94 valence electrons. The van der Waals surface area contributed by atoms with E-state index in [9.17, 15) is 9.59 Å². The van der Waals surface area contributed by atoms with Crippen LogP contribution in [-0.2, 0) is 9.59 Å². The van der Waals surface area contributed by atoms with Gasteiger partial charge >= 0.3 is 5.97 Å². The highest BCUT2D eigenvalue weighted by molar-refractivity contribution is 5.81. The molecule has 3 N–H and O–H groups in total. The molecule has 5 nitrogen and oxygen atoms in total. The van der Waals surface area contributed by atoms with Gasteiger partial charge in [-0.3, -0.25) is 9.59 Å². The Bertz CT molecular complexity index is 229. The highest BCUT2D eigenvalue weighted by atomic mass is 16.4. The molecule has 1 amide bonds. The molecule has 0 saturated carbocycles. The van der Waals surface area contributed by atoms with E-state index in [0.29, 0.717) is 18.9 Å². The number of carbonyl (C=O) groups excluding carboxylic acids is 1. The molecule has 0 fully saturated rings. The molecular weight excluding hydrogens is 208 g/mol. The molecule has 5 heteroatoms. The molecule has 0 bridgehead atoms. The van der Waals surface area contributed by atoms with E-state index in [4.69, 9.17) is 5.11 Å². The second-order valence-electron chi connectivity index (χ2n) is 4.26. The molecule has 0 aliphatic heterocycles. The molecule has 0 saturated heterocycles. The quantitative estimate of drug-likeness (QED) is 0.534. The average Bonchev–Trinajstić information content (AvgIpc) is 2.20. The number of carbonyl (C=O) groups is 2. The summed E-state index contributed by atoms with van der Waals surface area (Å²) >= 11 is 0. The van der Waals surface area contributed by atoms with Gasteiger partial charge in [-0.05, 0) is 25.8 Å². The molecule has 0 aromatic rings. The zero-order chi connectivity index (χ0) is 12.6. The van der Waals surface area contributed by atoms with Crippen molar-refractivity contribution in [3.8, 4) is 0 Å². The van der Waals surface area contributed by atoms with Gasteiger partial charge in [-0.25, -0.2) is 0 Å². The van der Waals surface area contributed by atoms with Crippen LogP contribution in [-0.4, -0.2) is 36.6 Å². The molecule has 0 spiro atoms. The number of likely N-dealkylation sites (N-methyl/N-ethyl adjacent to an activating group) is 1. The van der Waals surface area contributed by atoms with E-state index in [0.717, 1.165) is 6.42 Å². The lowest BCUT2D eigenvalue weighted by Crippen LogP contribution is -2.43. The summed E-state index contributed by atoms with van der Waals surface area (Å²) in [7, 11) is 1.75. The summed E-state index contributed by atoms with van der Waals surface area (Å²) in [5.41, 5.74) is 0. The lowest BCUT2D eigenvalue weighted by Gasteiger charge is -2.17. The summed E-state index contributed by atoms with van der Waals surface area (Å²) in [5.74, 6) is -0.439. The van der Waals surface area contributed by atoms with Gasteiger partial charge in [-0.15, -0.1) is 0 Å². The van der Waals surface area contributed by atoms with E-state index in [1.54, 1.807) is 7.05 Å². The Balaban J connectivity index is 3.79. The summed E-state index contributed by atoms with van der Waals surface area (Å²) in [6.07, 6.45) is 1.34. The fourth-order valence-corrected chi connectivity index (χ4v) is 1.40. The Labute approximate surface area is 96.6 Å². The normalized spacial score (nSPS) is 12.5. The van der Waals surface area contributed by atoms with E-state index >= 15 is 0 Å². The van der Waals surface area contributed by atoms with Crippen LogP contribution in [0.4, 0.5) is 0 Å². The highest BCUT2D eigenvalue weighted by Crippen LogP contribution is 2.04. The Morgan fingerprint density at radius 1 is 1.31 bits per heavy atom. The van der Waals surface area contributed by atoms with Gasteiger partial charge in [0.05, 0.1) is 6.04 Å². The predicted molar refractivity (Wildman–Crippen MR) is 62.2 cm³/mol. The third-order valence-electron chi connectivity index (χ3n) is 2.24. The minimum atomic E-state index is -0.832. The Kier molecular flexibility index (Phi) is 7.54. The van der Waals surface area contributed by atoms with E-state index in [1.807, 2.05) is 0 Å². The van der Waals surface area contributed by atoms with Gasteiger partial charge in [-0.2, -0.15) is 0 Å². The fraction of sp³-hybridized carbons (Fsp3) is 0.818. The first-order chi connectivity index (χ1) is 7.47. The molecule has 0 radical (unpaired) electrons. The third kappa shape index (κ3) is 7.23. The molecule has 0 aliphatic rings. The summed E-state index contributed by atoms with van der Waals surface area (Å²) in [4.78, 5) is 21.9. The number of carboxylic acid groups (broad SMARTS) is 1.